The minimum atomic E-state index is -0.283. The van der Waals surface area contributed by atoms with Crippen molar-refractivity contribution in [1.29, 1.82) is 0 Å². The van der Waals surface area contributed by atoms with Gasteiger partial charge >= 0.3 is 0 Å². The predicted molar refractivity (Wildman–Crippen MR) is 113 cm³/mol. The fourth-order valence-electron chi connectivity index (χ4n) is 3.55. The lowest BCUT2D eigenvalue weighted by atomic mass is 10.1. The van der Waals surface area contributed by atoms with E-state index in [-0.39, 0.29) is 17.8 Å². The maximum atomic E-state index is 13.0. The van der Waals surface area contributed by atoms with Crippen LogP contribution in [-0.4, -0.2) is 45.8 Å². The summed E-state index contributed by atoms with van der Waals surface area (Å²) < 4.78 is 14.9. The number of nitrogens with one attached hydrogen (secondary N) is 1. The van der Waals surface area contributed by atoms with Gasteiger partial charge in [0.2, 0.25) is 11.9 Å². The molecule has 9 heteroatoms. The zero-order valence-corrected chi connectivity index (χ0v) is 17.4. The smallest absolute Gasteiger partial charge is 0.249 e. The van der Waals surface area contributed by atoms with E-state index in [1.54, 1.807) is 35.0 Å². The Kier molecular flexibility index (Phi) is 5.11. The number of aromatic nitrogens is 4. The number of carbonyl (C=O) groups is 1. The molecule has 0 aliphatic carbocycles. The number of rotatable bonds is 5. The topological polar surface area (TPSA) is 79.2 Å². The second-order valence-corrected chi connectivity index (χ2v) is 7.52. The van der Waals surface area contributed by atoms with Crippen LogP contribution in [0.3, 0.4) is 0 Å². The molecule has 3 heterocycles. The number of benzene rings is 1. The average molecular weight is 409 g/mol. The number of likely N-dealkylation sites (N-methyl/N-ethyl adjacent to an activating group) is 2. The Morgan fingerprint density at radius 3 is 2.60 bits per heavy atom. The summed E-state index contributed by atoms with van der Waals surface area (Å²) in [6, 6.07) is 6.10. The third-order valence-corrected chi connectivity index (χ3v) is 5.37. The summed E-state index contributed by atoms with van der Waals surface area (Å²) in [5, 5.41) is 7.61. The summed E-state index contributed by atoms with van der Waals surface area (Å²) >= 11 is 0. The molecular weight excluding hydrogens is 385 g/mol. The van der Waals surface area contributed by atoms with Crippen molar-refractivity contribution in [1.82, 2.24) is 19.7 Å². The van der Waals surface area contributed by atoms with E-state index in [9.17, 15) is 9.18 Å². The first-order chi connectivity index (χ1) is 14.3. The van der Waals surface area contributed by atoms with Crippen LogP contribution in [0.4, 0.5) is 21.8 Å². The van der Waals surface area contributed by atoms with Crippen LogP contribution < -0.4 is 15.1 Å². The van der Waals surface area contributed by atoms with E-state index in [1.807, 2.05) is 32.0 Å². The van der Waals surface area contributed by atoms with Crippen LogP contribution in [0.5, 0.6) is 0 Å². The van der Waals surface area contributed by atoms with Crippen molar-refractivity contribution in [3.63, 3.8) is 0 Å². The van der Waals surface area contributed by atoms with Gasteiger partial charge in [0.05, 0.1) is 18.4 Å². The van der Waals surface area contributed by atoms with Crippen molar-refractivity contribution in [2.45, 2.75) is 33.0 Å². The number of hydrogen-bond acceptors (Lipinski definition) is 6. The number of anilines is 3. The third-order valence-electron chi connectivity index (χ3n) is 5.37. The largest absolute Gasteiger partial charge is 0.350 e. The first kappa shape index (κ1) is 19.8. The molecule has 1 unspecified atom stereocenters. The molecule has 1 aliphatic rings. The van der Waals surface area contributed by atoms with E-state index >= 15 is 0 Å². The number of hydrogen-bond donors (Lipinski definition) is 1. The Morgan fingerprint density at radius 1 is 1.13 bits per heavy atom. The lowest BCUT2D eigenvalue weighted by Crippen LogP contribution is -2.49. The Morgan fingerprint density at radius 2 is 1.87 bits per heavy atom. The van der Waals surface area contributed by atoms with Crippen molar-refractivity contribution >= 4 is 23.4 Å². The van der Waals surface area contributed by atoms with Crippen LogP contribution >= 0.6 is 0 Å². The molecule has 8 nitrogen and oxygen atoms in total. The van der Waals surface area contributed by atoms with Gasteiger partial charge in [0, 0.05) is 32.4 Å². The lowest BCUT2D eigenvalue weighted by molar-refractivity contribution is -0.119. The van der Waals surface area contributed by atoms with Crippen LogP contribution in [-0.2, 0) is 17.9 Å². The Balaban J connectivity index is 1.47. The highest BCUT2D eigenvalue weighted by molar-refractivity contribution is 6.04. The molecule has 1 aromatic carbocycles. The summed E-state index contributed by atoms with van der Waals surface area (Å²) in [7, 11) is 3.62. The molecule has 156 valence electrons. The van der Waals surface area contributed by atoms with Gasteiger partial charge in [0.25, 0.3) is 0 Å². The summed E-state index contributed by atoms with van der Waals surface area (Å²) in [4.78, 5) is 25.0. The quantitative estimate of drug-likeness (QED) is 0.698. The molecule has 0 fully saturated rings. The fourth-order valence-corrected chi connectivity index (χ4v) is 3.55. The summed E-state index contributed by atoms with van der Waals surface area (Å²) in [5.41, 5.74) is 3.43. The maximum absolute atomic E-state index is 13.0. The number of carbonyl (C=O) groups excluding carboxylic acids is 1. The molecule has 0 bridgehead atoms. The van der Waals surface area contributed by atoms with Gasteiger partial charge in [0.1, 0.15) is 17.5 Å². The lowest BCUT2D eigenvalue weighted by Gasteiger charge is -2.37. The highest BCUT2D eigenvalue weighted by Crippen LogP contribution is 2.35. The van der Waals surface area contributed by atoms with Gasteiger partial charge in [-0.3, -0.25) is 9.48 Å². The van der Waals surface area contributed by atoms with Crippen molar-refractivity contribution in [3.8, 4) is 0 Å². The summed E-state index contributed by atoms with van der Waals surface area (Å²) in [6.07, 6.45) is 3.71. The zero-order chi connectivity index (χ0) is 21.4. The molecule has 0 saturated carbocycles. The van der Waals surface area contributed by atoms with Gasteiger partial charge in [-0.1, -0.05) is 12.1 Å². The van der Waals surface area contributed by atoms with Gasteiger partial charge in [-0.25, -0.2) is 9.37 Å². The molecule has 1 N–H and O–H groups in total. The minimum absolute atomic E-state index is 0.0194. The Hall–Kier alpha value is -3.49. The number of halogens is 1. The molecule has 1 aliphatic heterocycles. The van der Waals surface area contributed by atoms with Crippen molar-refractivity contribution in [2.24, 2.45) is 0 Å². The van der Waals surface area contributed by atoms with E-state index in [2.05, 4.69) is 20.4 Å². The first-order valence-electron chi connectivity index (χ1n) is 9.72. The molecular formula is C21H24FN7O. The molecule has 30 heavy (non-hydrogen) atoms. The molecule has 2 aromatic heterocycles. The molecule has 0 spiro atoms. The number of fused-ring (bicyclic) bond motifs is 1. The van der Waals surface area contributed by atoms with Crippen molar-refractivity contribution in [3.05, 3.63) is 59.3 Å². The number of aryl methyl sites for hydroxylation is 1. The fraction of sp³-hybridized carbons (Fsp3) is 0.333. The molecule has 1 amide bonds. The molecule has 0 saturated heterocycles. The highest BCUT2D eigenvalue weighted by Gasteiger charge is 2.34. The zero-order valence-electron chi connectivity index (χ0n) is 17.4. The monoisotopic (exact) mass is 409 g/mol. The van der Waals surface area contributed by atoms with Crippen LogP contribution in [0.1, 0.15) is 23.7 Å². The van der Waals surface area contributed by atoms with Crippen LogP contribution in [0.15, 0.2) is 36.7 Å². The van der Waals surface area contributed by atoms with Crippen molar-refractivity contribution in [2.75, 3.05) is 29.2 Å². The Bertz CT molecular complexity index is 1080. The van der Waals surface area contributed by atoms with Crippen LogP contribution in [0, 0.1) is 12.7 Å². The second kappa shape index (κ2) is 7.74. The highest BCUT2D eigenvalue weighted by atomic mass is 19.1. The van der Waals surface area contributed by atoms with Crippen LogP contribution in [0.2, 0.25) is 0 Å². The summed E-state index contributed by atoms with van der Waals surface area (Å²) in [5.74, 6) is 0.997. The van der Waals surface area contributed by atoms with Gasteiger partial charge in [-0.15, -0.1) is 0 Å². The van der Waals surface area contributed by atoms with Crippen LogP contribution in [0.25, 0.3) is 0 Å². The van der Waals surface area contributed by atoms with Gasteiger partial charge in [-0.2, -0.15) is 10.1 Å². The third kappa shape index (κ3) is 3.70. The minimum Gasteiger partial charge on any atom is -0.350 e. The maximum Gasteiger partial charge on any atom is 0.249 e. The average Bonchev–Trinajstić information content (AvgIpc) is 3.17. The van der Waals surface area contributed by atoms with Gasteiger partial charge < -0.3 is 15.1 Å². The normalized spacial score (nSPS) is 16.0. The molecule has 3 aromatic rings. The SMILES string of the molecule is Cc1nc(NCc2cnn(Cc3ccc(F)cc3)c2)nc2c1N(C)C(=O)C(C)N2C. The molecule has 1 atom stereocenters. The van der Waals surface area contributed by atoms with E-state index in [0.29, 0.717) is 19.0 Å². The van der Waals surface area contributed by atoms with Gasteiger partial charge in [0.15, 0.2) is 5.82 Å². The number of amides is 1. The second-order valence-electron chi connectivity index (χ2n) is 7.52. The first-order valence-corrected chi connectivity index (χ1v) is 9.72. The van der Waals surface area contributed by atoms with E-state index in [4.69, 9.17) is 0 Å². The molecule has 4 rings (SSSR count). The predicted octanol–water partition coefficient (Wildman–Crippen LogP) is 2.58. The Labute approximate surface area is 174 Å². The summed E-state index contributed by atoms with van der Waals surface area (Å²) in [6.45, 7) is 4.81. The van der Waals surface area contributed by atoms with E-state index in [0.717, 1.165) is 28.3 Å². The van der Waals surface area contributed by atoms with E-state index < -0.39 is 0 Å². The number of nitrogens with zero attached hydrogens (tertiary/aromatic N) is 6. The molecule has 0 radical (unpaired) electrons. The van der Waals surface area contributed by atoms with Crippen molar-refractivity contribution < 1.29 is 9.18 Å². The van der Waals surface area contributed by atoms with E-state index in [1.165, 1.54) is 12.1 Å². The van der Waals surface area contributed by atoms with Gasteiger partial charge in [-0.05, 0) is 31.5 Å². The standard InChI is InChI=1S/C21H24FN7O/c1-13-18-19(27(3)14(2)20(30)28(18)4)26-21(25-13)23-9-16-10-24-29(12-16)11-15-5-7-17(22)8-6-15/h5-8,10,12,14H,9,11H2,1-4H3,(H,23,25,26).